The number of anilines is 1. The van der Waals surface area contributed by atoms with Crippen LogP contribution in [0, 0.1) is 41.9 Å². The number of morpholine rings is 1. The Hall–Kier alpha value is -5.25. The number of nitrogens with one attached hydrogen (secondary N) is 1. The van der Waals surface area contributed by atoms with Crippen LogP contribution in [0.15, 0.2) is 54.6 Å². The molecule has 12 heteroatoms. The molecule has 3 aromatic rings. The van der Waals surface area contributed by atoms with E-state index in [-0.39, 0.29) is 64.7 Å². The molecule has 2 aliphatic heterocycles. The lowest BCUT2D eigenvalue weighted by molar-refractivity contribution is -0.196. The van der Waals surface area contributed by atoms with Gasteiger partial charge in [-0.05, 0) is 98.7 Å². The van der Waals surface area contributed by atoms with Gasteiger partial charge in [-0.1, -0.05) is 27.7 Å². The van der Waals surface area contributed by atoms with Crippen molar-refractivity contribution in [2.45, 2.75) is 123 Å². The molecule has 0 aromatic heterocycles. The molecule has 1 atom stereocenters. The van der Waals surface area contributed by atoms with Gasteiger partial charge in [0.05, 0.1) is 49.0 Å². The van der Waals surface area contributed by atoms with E-state index in [9.17, 15) is 24.4 Å². The molecular weight excluding hydrogens is 797 g/mol. The Labute approximate surface area is 371 Å². The molecule has 0 bridgehead atoms. The number of piperidine rings is 1. The van der Waals surface area contributed by atoms with Gasteiger partial charge in [-0.15, -0.1) is 0 Å². The first-order chi connectivity index (χ1) is 30.0. The third-order valence-electron chi connectivity index (χ3n) is 15.0. The highest BCUT2D eigenvalue weighted by molar-refractivity contribution is 6.07. The second-order valence-corrected chi connectivity index (χ2v) is 19.9. The number of ether oxygens (including phenoxy) is 4. The summed E-state index contributed by atoms with van der Waals surface area (Å²) in [6, 6.07) is 19.2. The lowest BCUT2D eigenvalue weighted by Crippen LogP contribution is -2.66. The largest absolute Gasteiger partial charge is 0.496 e. The number of ketones is 3. The molecule has 5 aliphatic rings. The molecule has 1 unspecified atom stereocenters. The van der Waals surface area contributed by atoms with E-state index < -0.39 is 11.9 Å². The highest BCUT2D eigenvalue weighted by atomic mass is 16.5. The Morgan fingerprint density at radius 3 is 2.22 bits per heavy atom. The van der Waals surface area contributed by atoms with Gasteiger partial charge in [0.2, 0.25) is 0 Å². The van der Waals surface area contributed by atoms with Gasteiger partial charge >= 0.3 is 0 Å². The number of Topliss-reactive ketones (excluding diaryl/α,β-unsaturated/α-hetero) is 3. The topological polar surface area (TPSA) is 147 Å². The first kappa shape index (κ1) is 44.4. The fraction of sp³-hybridized carbons (Fsp3) is 0.549. The number of benzene rings is 3. The quantitative estimate of drug-likeness (QED) is 0.142. The summed E-state index contributed by atoms with van der Waals surface area (Å²) in [6.07, 6.45) is 4.59. The van der Waals surface area contributed by atoms with Crippen LogP contribution in [-0.4, -0.2) is 97.9 Å². The van der Waals surface area contributed by atoms with E-state index >= 15 is 0 Å². The van der Waals surface area contributed by atoms with Crippen LogP contribution in [0.3, 0.4) is 0 Å². The van der Waals surface area contributed by atoms with Gasteiger partial charge in [0, 0.05) is 86.1 Å². The normalized spacial score (nSPS) is 26.2. The van der Waals surface area contributed by atoms with Crippen molar-refractivity contribution in [1.29, 1.82) is 5.26 Å². The van der Waals surface area contributed by atoms with Crippen molar-refractivity contribution in [2.75, 3.05) is 44.8 Å². The van der Waals surface area contributed by atoms with Crippen LogP contribution in [0.2, 0.25) is 0 Å². The summed E-state index contributed by atoms with van der Waals surface area (Å²) in [6.45, 7) is 16.9. The monoisotopic (exact) mass is 858 g/mol. The maximum Gasteiger partial charge on any atom is 0.255 e. The number of nitriles is 1. The maximum absolute atomic E-state index is 13.7. The molecule has 1 N–H and O–H groups in total. The van der Waals surface area contributed by atoms with Crippen LogP contribution < -0.4 is 24.4 Å². The molecule has 3 aliphatic carbocycles. The third kappa shape index (κ3) is 8.84. The smallest absolute Gasteiger partial charge is 0.255 e. The van der Waals surface area contributed by atoms with Crippen LogP contribution in [0.1, 0.15) is 116 Å². The fourth-order valence-electron chi connectivity index (χ4n) is 11.5. The summed E-state index contributed by atoms with van der Waals surface area (Å²) in [4.78, 5) is 55.6. The van der Waals surface area contributed by atoms with E-state index in [2.05, 4.69) is 61.0 Å². The Kier molecular flexibility index (Phi) is 12.2. The number of hydrogen-bond donors (Lipinski definition) is 1. The summed E-state index contributed by atoms with van der Waals surface area (Å²) in [7, 11) is 1.50. The number of carbonyl (C=O) groups is 4. The molecule has 3 saturated carbocycles. The van der Waals surface area contributed by atoms with E-state index in [1.54, 1.807) is 18.2 Å². The molecule has 1 amide bonds. The van der Waals surface area contributed by atoms with E-state index in [1.165, 1.54) is 7.11 Å². The van der Waals surface area contributed by atoms with Gasteiger partial charge in [-0.2, -0.15) is 5.26 Å². The average Bonchev–Trinajstić information content (AvgIpc) is 3.24. The zero-order chi connectivity index (χ0) is 44.8. The van der Waals surface area contributed by atoms with Crippen molar-refractivity contribution in [3.05, 3.63) is 82.4 Å². The third-order valence-corrected chi connectivity index (χ3v) is 15.0. The van der Waals surface area contributed by atoms with Gasteiger partial charge in [0.15, 0.2) is 11.6 Å². The highest BCUT2D eigenvalue weighted by Crippen LogP contribution is 2.62. The number of aryl methyl sites for hydroxylation is 2. The number of hydrogen-bond acceptors (Lipinski definition) is 11. The van der Waals surface area contributed by atoms with Gasteiger partial charge in [-0.25, -0.2) is 0 Å². The van der Waals surface area contributed by atoms with Crippen LogP contribution in [0.25, 0.3) is 0 Å². The molecule has 0 radical (unpaired) electrons. The highest BCUT2D eigenvalue weighted by Gasteiger charge is 2.63. The molecule has 5 fully saturated rings. The average molecular weight is 859 g/mol. The lowest BCUT2D eigenvalue weighted by Gasteiger charge is -2.63. The molecule has 63 heavy (non-hydrogen) atoms. The van der Waals surface area contributed by atoms with Crippen LogP contribution >= 0.6 is 0 Å². The summed E-state index contributed by atoms with van der Waals surface area (Å²) < 4.78 is 25.0. The summed E-state index contributed by atoms with van der Waals surface area (Å²) in [5.41, 5.74) is 4.10. The molecular formula is C51H62N4O8. The first-order valence-corrected chi connectivity index (χ1v) is 22.6. The van der Waals surface area contributed by atoms with Crippen molar-refractivity contribution in [1.82, 2.24) is 10.2 Å². The van der Waals surface area contributed by atoms with Crippen molar-refractivity contribution in [3.63, 3.8) is 0 Å². The van der Waals surface area contributed by atoms with E-state index in [0.29, 0.717) is 48.1 Å². The molecule has 334 valence electrons. The standard InChI is InChI=1S/C51H62N4O8/c1-31-22-38(23-32(2)41(31)29-52)63-48-49(3,4)46(50(48,5)6)28-43(57)33-8-10-34(11-9-33)54-18-16-51(17-19-54)30-55(20-21-61-51)35-24-39(25-35)62-37-13-14-40(45(27-37)60-7)47(59)53-42-15-12-36(56)26-44(42)58/h8-11,13-14,22-23,27,35,39,42,46,48H,12,15-21,24-26,28,30H2,1-7H3,(H,53,59). The Bertz CT molecular complexity index is 2260. The van der Waals surface area contributed by atoms with E-state index in [4.69, 9.17) is 18.9 Å². The second-order valence-electron chi connectivity index (χ2n) is 19.9. The Balaban J connectivity index is 0.795. The number of nitrogens with zero attached hydrogens (tertiary/aromatic N) is 3. The zero-order valence-corrected chi connectivity index (χ0v) is 37.9. The van der Waals surface area contributed by atoms with Crippen LogP contribution in [0.4, 0.5) is 5.69 Å². The fourth-order valence-corrected chi connectivity index (χ4v) is 11.5. The Morgan fingerprint density at radius 2 is 1.59 bits per heavy atom. The molecule has 2 heterocycles. The van der Waals surface area contributed by atoms with Crippen LogP contribution in [-0.2, 0) is 14.3 Å². The first-order valence-electron chi connectivity index (χ1n) is 22.6. The van der Waals surface area contributed by atoms with Gasteiger partial charge in [-0.3, -0.25) is 24.1 Å². The Morgan fingerprint density at radius 1 is 0.905 bits per heavy atom. The lowest BCUT2D eigenvalue weighted by atomic mass is 9.44. The van der Waals surface area contributed by atoms with Gasteiger partial charge < -0.3 is 29.2 Å². The minimum atomic E-state index is -0.663. The molecule has 2 saturated heterocycles. The number of methoxy groups -OCH3 is 1. The minimum Gasteiger partial charge on any atom is -0.496 e. The van der Waals surface area contributed by atoms with Crippen molar-refractivity contribution in [2.24, 2.45) is 16.7 Å². The molecule has 12 nitrogen and oxygen atoms in total. The summed E-state index contributed by atoms with van der Waals surface area (Å²) in [5.74, 6) is 1.33. The number of amides is 1. The summed E-state index contributed by atoms with van der Waals surface area (Å²) in [5, 5.41) is 12.3. The SMILES string of the molecule is COc1cc(OC2CC(N3CCOC4(CCN(c5ccc(C(=O)CC6C(C)(C)C(Oc7cc(C)c(C#N)c(C)c7)C6(C)C)cc5)CC4)C3)C2)ccc1C(=O)NC1CCC(=O)CC1=O. The van der Waals surface area contributed by atoms with Crippen molar-refractivity contribution >= 4 is 28.9 Å². The molecule has 8 rings (SSSR count). The van der Waals surface area contributed by atoms with Gasteiger partial charge in [0.1, 0.15) is 35.2 Å². The minimum absolute atomic E-state index is 0.0544. The van der Waals surface area contributed by atoms with Gasteiger partial charge in [0.25, 0.3) is 5.91 Å². The second kappa shape index (κ2) is 17.4. The number of carbonyl (C=O) groups excluding carboxylic acids is 4. The van der Waals surface area contributed by atoms with Crippen LogP contribution in [0.5, 0.6) is 17.2 Å². The predicted octanol–water partition coefficient (Wildman–Crippen LogP) is 7.59. The predicted molar refractivity (Wildman–Crippen MR) is 239 cm³/mol. The molecule has 3 aromatic carbocycles. The number of rotatable bonds is 12. The van der Waals surface area contributed by atoms with E-state index in [1.807, 2.05) is 38.1 Å². The summed E-state index contributed by atoms with van der Waals surface area (Å²) >= 11 is 0. The van der Waals surface area contributed by atoms with Crippen molar-refractivity contribution < 1.29 is 38.1 Å². The van der Waals surface area contributed by atoms with E-state index in [0.717, 1.165) is 80.0 Å². The molecule has 1 spiro atoms. The maximum atomic E-state index is 13.7. The zero-order valence-electron chi connectivity index (χ0n) is 37.9. The van der Waals surface area contributed by atoms with Crippen molar-refractivity contribution in [3.8, 4) is 23.3 Å².